The van der Waals surface area contributed by atoms with Crippen LogP contribution in [0.3, 0.4) is 0 Å². The molecule has 18 aromatic carbocycles. The zero-order valence-corrected chi connectivity index (χ0v) is 76.4. The summed E-state index contributed by atoms with van der Waals surface area (Å²) in [6, 6.07) is 110. The van der Waals surface area contributed by atoms with Crippen LogP contribution in [0.2, 0.25) is 5.28 Å². The number of aromatic nitrogens is 16. The maximum Gasteiger partial charge on any atom is 0.226 e. The molecule has 20 heteroatoms. The van der Waals surface area contributed by atoms with E-state index in [9.17, 15) is 0 Å². The Labute approximate surface area is 851 Å². The first-order chi connectivity index (χ1) is 77.4. The first-order valence-corrected chi connectivity index (χ1v) is 46.1. The highest BCUT2D eigenvalue weighted by Crippen LogP contribution is 2.44. The number of rotatable bonds is 15. The summed E-state index contributed by atoms with van der Waals surface area (Å²) in [5.74, 6) is 1.87. The van der Waals surface area contributed by atoms with Gasteiger partial charge in [0.2, 0.25) is 5.28 Å². The Hall–Kier alpha value is -19.4. The summed E-state index contributed by atoms with van der Waals surface area (Å²) in [4.78, 5) is 70.7. The highest BCUT2D eigenvalue weighted by atomic mass is 35.5. The molecule has 1 aliphatic carbocycles. The number of hydrogen-bond acceptors (Lipinski definition) is 17. The molecule has 0 unspecified atom stereocenters. The van der Waals surface area contributed by atoms with Crippen molar-refractivity contribution in [3.8, 4) is 176 Å². The average molecular weight is 1890 g/mol. The summed E-state index contributed by atoms with van der Waals surface area (Å²) >= 11 is 5.95. The van der Waals surface area contributed by atoms with Gasteiger partial charge in [0.1, 0.15) is 28.1 Å². The van der Waals surface area contributed by atoms with Gasteiger partial charge >= 0.3 is 0 Å². The summed E-state index contributed by atoms with van der Waals surface area (Å²) < 4.78 is 155. The van der Waals surface area contributed by atoms with Crippen LogP contribution in [0.5, 0.6) is 0 Å². The zero-order valence-electron chi connectivity index (χ0n) is 90.7. The highest BCUT2D eigenvalue weighted by molar-refractivity contribution is 6.28. The maximum absolute atomic E-state index is 16.0. The number of halogens is 2. The minimum Gasteiger partial charge on any atom is -0.455 e. The van der Waals surface area contributed by atoms with Crippen molar-refractivity contribution >= 4 is 77.3 Å². The number of nitrogens with zero attached hydrogens (tertiary/aromatic N) is 16. The van der Waals surface area contributed by atoms with Gasteiger partial charge in [-0.05, 0) is 113 Å². The van der Waals surface area contributed by atoms with Gasteiger partial charge in [0.15, 0.2) is 81.5 Å². The van der Waals surface area contributed by atoms with E-state index in [1.54, 1.807) is 54.6 Å². The molecule has 680 valence electrons. The first-order valence-electron chi connectivity index (χ1n) is 53.3. The quantitative estimate of drug-likeness (QED) is 0.0930. The van der Waals surface area contributed by atoms with Crippen molar-refractivity contribution in [2.24, 2.45) is 0 Å². The summed E-state index contributed by atoms with van der Waals surface area (Å²) in [6.45, 7) is 0. The van der Waals surface area contributed by atoms with Gasteiger partial charge in [0, 0.05) is 93.5 Å². The Bertz CT molecular complexity index is 10100. The van der Waals surface area contributed by atoms with Gasteiger partial charge in [-0.25, -0.2) is 69.2 Å². The Kier molecular flexibility index (Phi) is 19.5. The first kappa shape index (κ1) is 72.0. The largest absolute Gasteiger partial charge is 0.455 e. The molecular formula is C124H78ClFN16O2. The predicted octanol–water partition coefficient (Wildman–Crippen LogP) is 30.3. The van der Waals surface area contributed by atoms with E-state index in [2.05, 4.69) is 107 Å². The topological polar surface area (TPSA) is 225 Å². The van der Waals surface area contributed by atoms with E-state index >= 15 is 4.39 Å². The number of hydrogen-bond donors (Lipinski definition) is 0. The lowest BCUT2D eigenvalue weighted by molar-refractivity contribution is 0.630. The lowest BCUT2D eigenvalue weighted by Gasteiger charge is -2.16. The molecule has 0 saturated carbocycles. The van der Waals surface area contributed by atoms with Crippen molar-refractivity contribution in [2.45, 2.75) is 6.42 Å². The predicted molar refractivity (Wildman–Crippen MR) is 571 cm³/mol. The lowest BCUT2D eigenvalue weighted by Crippen LogP contribution is -2.05. The molecule has 0 amide bonds. The van der Waals surface area contributed by atoms with Crippen molar-refractivity contribution < 1.29 is 33.8 Å². The highest BCUT2D eigenvalue weighted by Gasteiger charge is 2.27. The van der Waals surface area contributed by atoms with Crippen LogP contribution in [-0.4, -0.2) is 79.3 Å². The molecule has 27 rings (SSSR count). The number of fused-ring (bicyclic) bond motifs is 12. The van der Waals surface area contributed by atoms with Gasteiger partial charge in [-0.3, -0.25) is 0 Å². The molecule has 8 heterocycles. The van der Waals surface area contributed by atoms with E-state index in [0.717, 1.165) is 72.1 Å². The Morgan fingerprint density at radius 2 is 0.500 bits per heavy atom. The van der Waals surface area contributed by atoms with Crippen molar-refractivity contribution in [3.05, 3.63) is 483 Å². The number of benzene rings is 18. The van der Waals surface area contributed by atoms with Gasteiger partial charge in [-0.2, -0.15) is 9.97 Å². The molecule has 0 atom stereocenters. The molecular weight excluding hydrogens is 1800 g/mol. The molecule has 0 saturated heterocycles. The second kappa shape index (κ2) is 38.9. The van der Waals surface area contributed by atoms with E-state index in [4.69, 9.17) is 85.9 Å². The Morgan fingerprint density at radius 3 is 0.896 bits per heavy atom. The fourth-order valence-electron chi connectivity index (χ4n) is 17.6. The standard InChI is InChI=1S/C54H33N7O.C42H25FN6O.C15H10ClN3.C13H10/c1-4-17-34(18-5-1)49-55-50(35-19-6-2-7-20-35)59-54(58-49)43-33-37(31-32-46(43)61-44-28-13-10-23-38(44)39-24-11-14-29-45(39)61)52-56-51(36-21-8-3-9-22-36)57-53(60-52)42-27-16-26-41-40-25-12-15-30-47(40)62-48(41)42;43-34-24-23-29(25-33(34)42-47-37(26-13-4-1-5-14-26)44-38(48-42)27-15-6-2-7-16-27)40-45-39(28-17-8-3-9-18-28)46-41(49-40)32-21-12-20-31-30-19-10-11-22-35(30)50-36(31)32;16-15-18-13(11-7-3-1-4-8-11)17-14(19-15)12-9-5-2-6-10-12;1-3-7-12-10(5-1)9-11-6-2-4-8-13(11)12/h1-33H;1-25H;1-10H;1-8H,9H2/i1D,4D,5D,17D,18D;1D,4D,5D,13D,14D;1D,3D,4D,7D,8D;. The van der Waals surface area contributed by atoms with E-state index < -0.39 is 84.4 Å². The van der Waals surface area contributed by atoms with Crippen LogP contribution in [0, 0.1) is 5.82 Å². The van der Waals surface area contributed by atoms with Crippen LogP contribution in [-0.2, 0) is 6.42 Å². The van der Waals surface area contributed by atoms with Gasteiger partial charge in [-0.1, -0.05) is 388 Å². The van der Waals surface area contributed by atoms with Crippen LogP contribution in [0.25, 0.3) is 242 Å². The third-order valence-electron chi connectivity index (χ3n) is 24.3. The number of furan rings is 2. The molecule has 0 aliphatic heterocycles. The van der Waals surface area contributed by atoms with Gasteiger partial charge < -0.3 is 13.4 Å². The van der Waals surface area contributed by atoms with Crippen LogP contribution < -0.4 is 0 Å². The van der Waals surface area contributed by atoms with Gasteiger partial charge in [0.25, 0.3) is 0 Å². The van der Waals surface area contributed by atoms with Crippen LogP contribution >= 0.6 is 11.6 Å². The lowest BCUT2D eigenvalue weighted by atomic mass is 10.0. The molecule has 26 aromatic rings. The third-order valence-corrected chi connectivity index (χ3v) is 24.4. The van der Waals surface area contributed by atoms with E-state index in [1.165, 1.54) is 34.4 Å². The SMILES string of the molecule is [2H]c1c([2H])c([2H])c(-c2nc(-c3ccccc3)nc(-c3cc(-c4nc(-c5ccccc5)nc(-c5cccc6c5oc5ccccc56)n4)ccc3-n3c4ccccc4c4ccccc43)n2)c([2H])c1[2H].[2H]c1c([2H])c([2H])c(-c2nc(-c3ccccc3)nc(-c3cc(-c4nc(-c5ccccc5)nc(-c5cccc6c5oc5ccccc56)n4)ccc3F)n2)c([2H])c1[2H].[2H]c1c([2H])c([2H])c(-c2nc(Cl)nc(-c3ccccc3)n2)c([2H])c1[2H].c1ccc2c(c1)Cc1ccccc1-2. The molecule has 1 aliphatic rings. The number of para-hydroxylation sites is 6. The van der Waals surface area contributed by atoms with Crippen LogP contribution in [0.1, 0.15) is 31.7 Å². The summed E-state index contributed by atoms with van der Waals surface area (Å²) in [7, 11) is 0. The maximum atomic E-state index is 16.0. The molecule has 0 spiro atoms. The van der Waals surface area contributed by atoms with Crippen molar-refractivity contribution in [1.29, 1.82) is 0 Å². The van der Waals surface area contributed by atoms with E-state index in [0.29, 0.717) is 90.5 Å². The minimum atomic E-state index is -0.675. The smallest absolute Gasteiger partial charge is 0.226 e. The fourth-order valence-corrected chi connectivity index (χ4v) is 17.7. The normalized spacial score (nSPS) is 12.8. The monoisotopic (exact) mass is 1890 g/mol. The molecule has 0 bridgehead atoms. The summed E-state index contributed by atoms with van der Waals surface area (Å²) in [5.41, 5.74) is 16.9. The molecule has 0 N–H and O–H groups in total. The molecule has 18 nitrogen and oxygen atoms in total. The zero-order chi connectivity index (χ0) is 109. The Morgan fingerprint density at radius 1 is 0.222 bits per heavy atom. The van der Waals surface area contributed by atoms with E-state index in [1.807, 2.05) is 231 Å². The van der Waals surface area contributed by atoms with Gasteiger partial charge in [-0.15, -0.1) is 0 Å². The van der Waals surface area contributed by atoms with Crippen LogP contribution in [0.15, 0.2) is 470 Å². The fraction of sp³-hybridized carbons (Fsp3) is 0.00806. The molecule has 0 radical (unpaired) electrons. The second-order valence-corrected chi connectivity index (χ2v) is 33.5. The summed E-state index contributed by atoms with van der Waals surface area (Å²) in [6.07, 6.45) is 1.10. The summed E-state index contributed by atoms with van der Waals surface area (Å²) in [5, 5.41) is 5.75. The second-order valence-electron chi connectivity index (χ2n) is 33.2. The third kappa shape index (κ3) is 17.6. The average Bonchev–Trinajstić information content (AvgIpc) is 1.60. The van der Waals surface area contributed by atoms with Crippen molar-refractivity contribution in [1.82, 2.24) is 79.3 Å². The molecule has 8 aromatic heterocycles. The van der Waals surface area contributed by atoms with Crippen LogP contribution in [0.4, 0.5) is 4.39 Å². The van der Waals surface area contributed by atoms with Crippen molar-refractivity contribution in [2.75, 3.05) is 0 Å². The molecule has 0 fully saturated rings. The minimum absolute atomic E-state index is 0.0479. The molecule has 144 heavy (non-hydrogen) atoms. The Balaban J connectivity index is 0.000000127. The van der Waals surface area contributed by atoms with Crippen molar-refractivity contribution in [3.63, 3.8) is 0 Å². The van der Waals surface area contributed by atoms with E-state index in [-0.39, 0.29) is 92.0 Å². The van der Waals surface area contributed by atoms with Gasteiger partial charge in [0.05, 0.1) is 54.0 Å².